The molecule has 3 nitrogen and oxygen atoms in total. The molecule has 1 heterocycles. The average molecular weight is 378 g/mol. The van der Waals surface area contributed by atoms with Crippen molar-refractivity contribution in [3.63, 3.8) is 0 Å². The molecule has 2 N–H and O–H groups in total. The Labute approximate surface area is 160 Å². The van der Waals surface area contributed by atoms with Gasteiger partial charge >= 0.3 is 0 Å². The van der Waals surface area contributed by atoms with E-state index in [-0.39, 0.29) is 5.29 Å². The molecule has 4 aromatic rings. The topological polar surface area (TPSA) is 48.2 Å². The highest BCUT2D eigenvalue weighted by Crippen LogP contribution is 2.35. The minimum absolute atomic E-state index is 0.128. The quantitative estimate of drug-likeness (QED) is 0.258. The van der Waals surface area contributed by atoms with Gasteiger partial charge < -0.3 is 5.32 Å². The first-order valence-corrected chi connectivity index (χ1v) is 9.40. The number of hydrogen-bond donors (Lipinski definition) is 2. The normalized spacial score (nSPS) is 12.7. The second-order valence-corrected chi connectivity index (χ2v) is 7.37. The van der Waals surface area contributed by atoms with Crippen molar-refractivity contribution in [1.82, 2.24) is 5.32 Å². The van der Waals surface area contributed by atoms with Gasteiger partial charge in [0.25, 0.3) is 0 Å². The van der Waals surface area contributed by atoms with E-state index in [1.54, 1.807) is 17.6 Å². The molecule has 0 fully saturated rings. The number of benzene rings is 3. The lowest BCUT2D eigenvalue weighted by Crippen LogP contribution is -2.22. The maximum absolute atomic E-state index is 7.59. The van der Waals surface area contributed by atoms with Crippen LogP contribution in [0.4, 0.5) is 0 Å². The number of amidine groups is 1. The molecule has 1 unspecified atom stereocenters. The monoisotopic (exact) mass is 377 g/mol. The fourth-order valence-electron chi connectivity index (χ4n) is 2.94. The number of halogens is 1. The number of fused-ring (bicyclic) bond motifs is 3. The third kappa shape index (κ3) is 3.47. The molecule has 0 radical (unpaired) electrons. The summed E-state index contributed by atoms with van der Waals surface area (Å²) in [5, 5.41) is 12.9. The van der Waals surface area contributed by atoms with Gasteiger partial charge in [-0.15, -0.1) is 11.3 Å². The SMILES string of the molecule is N=C(Cl)NC(/N=C/c1ccccc1)c1ccc2c(c1)sc1ccccc12. The summed E-state index contributed by atoms with van der Waals surface area (Å²) in [7, 11) is 0. The van der Waals surface area contributed by atoms with E-state index in [2.05, 4.69) is 46.7 Å². The Morgan fingerprint density at radius 2 is 1.69 bits per heavy atom. The van der Waals surface area contributed by atoms with Crippen molar-refractivity contribution in [3.8, 4) is 0 Å². The Balaban J connectivity index is 1.73. The van der Waals surface area contributed by atoms with Crippen molar-refractivity contribution in [2.24, 2.45) is 4.99 Å². The Morgan fingerprint density at radius 1 is 0.962 bits per heavy atom. The van der Waals surface area contributed by atoms with Gasteiger partial charge in [-0.2, -0.15) is 0 Å². The second-order valence-electron chi connectivity index (χ2n) is 5.90. The van der Waals surface area contributed by atoms with Crippen LogP contribution in [0.15, 0.2) is 77.8 Å². The fourth-order valence-corrected chi connectivity index (χ4v) is 4.20. The summed E-state index contributed by atoms with van der Waals surface area (Å²) in [6, 6.07) is 24.6. The smallest absolute Gasteiger partial charge is 0.190 e. The van der Waals surface area contributed by atoms with E-state index >= 15 is 0 Å². The van der Waals surface area contributed by atoms with E-state index in [0.717, 1.165) is 11.1 Å². The highest BCUT2D eigenvalue weighted by molar-refractivity contribution is 7.25. The summed E-state index contributed by atoms with van der Waals surface area (Å²) in [5.74, 6) is 0. The maximum atomic E-state index is 7.59. The van der Waals surface area contributed by atoms with E-state index in [0.29, 0.717) is 0 Å². The number of aliphatic imine (C=N–C) groups is 1. The van der Waals surface area contributed by atoms with Crippen LogP contribution in [0, 0.1) is 5.41 Å². The minimum atomic E-state index is -0.408. The molecule has 0 aliphatic heterocycles. The lowest BCUT2D eigenvalue weighted by atomic mass is 10.1. The molecule has 0 saturated carbocycles. The fraction of sp³-hybridized carbons (Fsp3) is 0.0476. The molecular formula is C21H16ClN3S. The van der Waals surface area contributed by atoms with Crippen LogP contribution in [-0.4, -0.2) is 11.5 Å². The molecule has 128 valence electrons. The van der Waals surface area contributed by atoms with Gasteiger partial charge in [-0.1, -0.05) is 60.7 Å². The lowest BCUT2D eigenvalue weighted by molar-refractivity contribution is 0.692. The standard InChI is InChI=1S/C21H16ClN3S/c22-21(23)25-20(24-13-14-6-2-1-3-7-14)15-10-11-17-16-8-4-5-9-18(16)26-19(17)12-15/h1-13,20H,(H2,23,25)/b24-13+. The van der Waals surface area contributed by atoms with E-state index in [9.17, 15) is 0 Å². The van der Waals surface area contributed by atoms with Crippen LogP contribution in [0.5, 0.6) is 0 Å². The minimum Gasteiger partial charge on any atom is -0.335 e. The Morgan fingerprint density at radius 3 is 2.50 bits per heavy atom. The highest BCUT2D eigenvalue weighted by atomic mass is 35.5. The predicted molar refractivity (Wildman–Crippen MR) is 113 cm³/mol. The van der Waals surface area contributed by atoms with E-state index in [1.165, 1.54) is 20.2 Å². The zero-order valence-electron chi connectivity index (χ0n) is 13.8. The van der Waals surface area contributed by atoms with Crippen LogP contribution < -0.4 is 5.32 Å². The van der Waals surface area contributed by atoms with Crippen molar-refractivity contribution < 1.29 is 0 Å². The van der Waals surface area contributed by atoms with Crippen LogP contribution in [0.1, 0.15) is 17.3 Å². The van der Waals surface area contributed by atoms with Gasteiger partial charge in [-0.25, -0.2) is 0 Å². The summed E-state index contributed by atoms with van der Waals surface area (Å²) < 4.78 is 2.47. The molecule has 0 bridgehead atoms. The molecule has 26 heavy (non-hydrogen) atoms. The summed E-state index contributed by atoms with van der Waals surface area (Å²) in [6.45, 7) is 0. The zero-order valence-corrected chi connectivity index (χ0v) is 15.4. The Kier molecular flexibility index (Phi) is 4.69. The molecule has 5 heteroatoms. The van der Waals surface area contributed by atoms with Crippen molar-refractivity contribution in [1.29, 1.82) is 5.41 Å². The average Bonchev–Trinajstić information content (AvgIpc) is 3.03. The Bertz CT molecular complexity index is 1100. The molecule has 0 aliphatic carbocycles. The number of nitrogens with one attached hydrogen (secondary N) is 2. The van der Waals surface area contributed by atoms with Crippen LogP contribution in [-0.2, 0) is 0 Å². The second kappa shape index (κ2) is 7.28. The first-order valence-electron chi connectivity index (χ1n) is 8.21. The van der Waals surface area contributed by atoms with Gasteiger partial charge in [0.05, 0.1) is 0 Å². The van der Waals surface area contributed by atoms with E-state index < -0.39 is 6.17 Å². The van der Waals surface area contributed by atoms with Gasteiger partial charge in [0.1, 0.15) is 6.17 Å². The summed E-state index contributed by atoms with van der Waals surface area (Å²) in [5.41, 5.74) is 1.98. The van der Waals surface area contributed by atoms with Gasteiger partial charge in [0, 0.05) is 26.4 Å². The van der Waals surface area contributed by atoms with Crippen LogP contribution in [0.3, 0.4) is 0 Å². The summed E-state index contributed by atoms with van der Waals surface area (Å²) in [6.07, 6.45) is 1.39. The first kappa shape index (κ1) is 16.8. The van der Waals surface area contributed by atoms with Crippen LogP contribution >= 0.6 is 22.9 Å². The van der Waals surface area contributed by atoms with Crippen LogP contribution in [0.2, 0.25) is 0 Å². The molecule has 4 rings (SSSR count). The molecule has 0 amide bonds. The molecule has 3 aromatic carbocycles. The molecule has 1 atom stereocenters. The van der Waals surface area contributed by atoms with E-state index in [4.69, 9.17) is 17.0 Å². The lowest BCUT2D eigenvalue weighted by Gasteiger charge is -2.14. The predicted octanol–water partition coefficient (Wildman–Crippen LogP) is 5.94. The maximum Gasteiger partial charge on any atom is 0.190 e. The third-order valence-electron chi connectivity index (χ3n) is 4.15. The molecule has 0 saturated heterocycles. The Hall–Kier alpha value is -2.69. The largest absolute Gasteiger partial charge is 0.335 e. The third-order valence-corrected chi connectivity index (χ3v) is 5.40. The van der Waals surface area contributed by atoms with Crippen molar-refractivity contribution in [3.05, 3.63) is 83.9 Å². The summed E-state index contributed by atoms with van der Waals surface area (Å²) >= 11 is 7.55. The molecular weight excluding hydrogens is 362 g/mol. The van der Waals surface area contributed by atoms with Crippen LogP contribution in [0.25, 0.3) is 20.2 Å². The van der Waals surface area contributed by atoms with E-state index in [1.807, 2.05) is 36.4 Å². The van der Waals surface area contributed by atoms with Crippen molar-refractivity contribution in [2.75, 3.05) is 0 Å². The number of hydrogen-bond acceptors (Lipinski definition) is 3. The van der Waals surface area contributed by atoms with Gasteiger partial charge in [0.2, 0.25) is 0 Å². The zero-order chi connectivity index (χ0) is 17.9. The van der Waals surface area contributed by atoms with Gasteiger partial charge in [-0.05, 0) is 34.9 Å². The number of thiophene rings is 1. The van der Waals surface area contributed by atoms with Gasteiger partial charge in [-0.3, -0.25) is 10.4 Å². The highest BCUT2D eigenvalue weighted by Gasteiger charge is 2.12. The molecule has 0 aliphatic rings. The van der Waals surface area contributed by atoms with Crippen molar-refractivity contribution >= 4 is 54.6 Å². The summed E-state index contributed by atoms with van der Waals surface area (Å²) in [4.78, 5) is 4.61. The number of rotatable bonds is 4. The van der Waals surface area contributed by atoms with Gasteiger partial charge in [0.15, 0.2) is 5.29 Å². The van der Waals surface area contributed by atoms with Crippen molar-refractivity contribution in [2.45, 2.75) is 6.17 Å². The molecule has 0 spiro atoms. The first-order chi connectivity index (χ1) is 12.7. The number of nitrogens with zero attached hydrogens (tertiary/aromatic N) is 1. The molecule has 1 aromatic heterocycles.